The van der Waals surface area contributed by atoms with Crippen LogP contribution in [0, 0.1) is 34.5 Å². The molecule has 0 aliphatic heterocycles. The lowest BCUT2D eigenvalue weighted by atomic mass is 9.45. The van der Waals surface area contributed by atoms with E-state index in [1.165, 1.54) is 45.6 Å². The van der Waals surface area contributed by atoms with Gasteiger partial charge in [-0.15, -0.1) is 0 Å². The first-order valence-electron chi connectivity index (χ1n) is 10.4. The number of carbonyl (C=O) groups excluding carboxylic acids is 1. The minimum atomic E-state index is -0.272. The van der Waals surface area contributed by atoms with Gasteiger partial charge in [-0.3, -0.25) is 0 Å². The fraction of sp³-hybridized carbons (Fsp3) is 0.952. The maximum atomic E-state index is 11.8. The van der Waals surface area contributed by atoms with Gasteiger partial charge in [0.15, 0.2) is 0 Å². The van der Waals surface area contributed by atoms with E-state index in [2.05, 4.69) is 19.2 Å². The topological polar surface area (TPSA) is 58.6 Å². The van der Waals surface area contributed by atoms with E-state index < -0.39 is 0 Å². The second kappa shape index (κ2) is 6.14. The predicted octanol–water partition coefficient (Wildman–Crippen LogP) is 4.11. The normalized spacial score (nSPS) is 51.8. The summed E-state index contributed by atoms with van der Waals surface area (Å²) in [5, 5.41) is 13.3. The van der Waals surface area contributed by atoms with Crippen LogP contribution in [-0.4, -0.2) is 30.5 Å². The van der Waals surface area contributed by atoms with Crippen LogP contribution in [-0.2, 0) is 4.74 Å². The standard InChI is InChI=1S/C21H35NO3/c1-20-10-8-14(23)12-13(20)4-5-15-16-6-7-18(22-19(24)25-3)21(16,2)11-9-17(15)20/h13-18,23H,4-12H2,1-3H3,(H,22,24)/t13-,14-,15-,16+,17-,18-,20-,21+/m0/s1. The molecule has 0 aromatic heterocycles. The highest BCUT2D eigenvalue weighted by atomic mass is 16.5. The average molecular weight is 350 g/mol. The smallest absolute Gasteiger partial charge is 0.407 e. The second-order valence-electron chi connectivity index (χ2n) is 9.90. The molecule has 0 aromatic rings. The Morgan fingerprint density at radius 2 is 1.72 bits per heavy atom. The van der Waals surface area contributed by atoms with E-state index in [-0.39, 0.29) is 23.7 Å². The summed E-state index contributed by atoms with van der Waals surface area (Å²) in [4.78, 5) is 11.8. The summed E-state index contributed by atoms with van der Waals surface area (Å²) >= 11 is 0. The molecule has 0 bridgehead atoms. The highest BCUT2D eigenvalue weighted by Crippen LogP contribution is 2.66. The lowest BCUT2D eigenvalue weighted by Crippen LogP contribution is -2.56. The first-order chi connectivity index (χ1) is 11.9. The molecule has 2 N–H and O–H groups in total. The van der Waals surface area contributed by atoms with Crippen molar-refractivity contribution in [1.29, 1.82) is 0 Å². The molecule has 8 atom stereocenters. The van der Waals surface area contributed by atoms with Crippen molar-refractivity contribution in [2.75, 3.05) is 7.11 Å². The van der Waals surface area contributed by atoms with Crippen molar-refractivity contribution in [3.05, 3.63) is 0 Å². The van der Waals surface area contributed by atoms with E-state index in [9.17, 15) is 9.90 Å². The van der Waals surface area contributed by atoms with Gasteiger partial charge in [0.2, 0.25) is 0 Å². The van der Waals surface area contributed by atoms with E-state index in [1.807, 2.05) is 0 Å². The molecular weight excluding hydrogens is 314 g/mol. The number of amides is 1. The summed E-state index contributed by atoms with van der Waals surface area (Å²) in [6.07, 6.45) is 10.3. The predicted molar refractivity (Wildman–Crippen MR) is 97.1 cm³/mol. The third-order valence-electron chi connectivity index (χ3n) is 9.12. The molecule has 0 heterocycles. The number of rotatable bonds is 1. The monoisotopic (exact) mass is 349 g/mol. The van der Waals surface area contributed by atoms with E-state index >= 15 is 0 Å². The maximum absolute atomic E-state index is 11.8. The Labute approximate surface area is 152 Å². The molecule has 0 aromatic carbocycles. The number of nitrogens with one attached hydrogen (secondary N) is 1. The van der Waals surface area contributed by atoms with E-state index in [0.29, 0.717) is 11.3 Å². The van der Waals surface area contributed by atoms with Crippen LogP contribution in [0.4, 0.5) is 4.79 Å². The van der Waals surface area contributed by atoms with Gasteiger partial charge in [0.25, 0.3) is 0 Å². The molecule has 4 fully saturated rings. The van der Waals surface area contributed by atoms with Crippen LogP contribution >= 0.6 is 0 Å². The number of carbonyl (C=O) groups is 1. The van der Waals surface area contributed by atoms with Crippen LogP contribution in [0.2, 0.25) is 0 Å². The van der Waals surface area contributed by atoms with Crippen LogP contribution in [0.3, 0.4) is 0 Å². The zero-order chi connectivity index (χ0) is 17.8. The summed E-state index contributed by atoms with van der Waals surface area (Å²) in [6, 6.07) is 0.268. The summed E-state index contributed by atoms with van der Waals surface area (Å²) in [6.45, 7) is 4.95. The third-order valence-corrected chi connectivity index (χ3v) is 9.12. The van der Waals surface area contributed by atoms with Gasteiger partial charge in [0, 0.05) is 6.04 Å². The molecule has 4 aliphatic rings. The molecule has 4 heteroatoms. The number of hydrogen-bond donors (Lipinski definition) is 2. The van der Waals surface area contributed by atoms with Crippen molar-refractivity contribution in [3.63, 3.8) is 0 Å². The SMILES string of the molecule is COC(=O)N[C@H]1CC[C@@H]2[C@@H]3CC[C@H]4C[C@@H](O)CC[C@]4(C)[C@H]3CC[C@@]12C. The molecule has 0 saturated heterocycles. The molecule has 142 valence electrons. The minimum absolute atomic E-state index is 0.0661. The molecule has 25 heavy (non-hydrogen) atoms. The molecule has 0 unspecified atom stereocenters. The summed E-state index contributed by atoms with van der Waals surface area (Å²) in [5.41, 5.74) is 0.657. The third kappa shape index (κ3) is 2.62. The van der Waals surface area contributed by atoms with Crippen molar-refractivity contribution >= 4 is 6.09 Å². The number of aliphatic hydroxyl groups excluding tert-OH is 1. The first kappa shape index (κ1) is 17.6. The van der Waals surface area contributed by atoms with Gasteiger partial charge in [0.1, 0.15) is 0 Å². The molecule has 0 spiro atoms. The molecular formula is C21H35NO3. The molecule has 4 saturated carbocycles. The van der Waals surface area contributed by atoms with Gasteiger partial charge >= 0.3 is 6.09 Å². The Morgan fingerprint density at radius 3 is 2.48 bits per heavy atom. The van der Waals surface area contributed by atoms with Gasteiger partial charge in [-0.1, -0.05) is 13.8 Å². The highest BCUT2D eigenvalue weighted by Gasteiger charge is 2.60. The fourth-order valence-corrected chi connectivity index (χ4v) is 7.67. The van der Waals surface area contributed by atoms with Crippen LogP contribution in [0.25, 0.3) is 0 Å². The van der Waals surface area contributed by atoms with Crippen molar-refractivity contribution in [3.8, 4) is 0 Å². The number of hydrogen-bond acceptors (Lipinski definition) is 3. The number of fused-ring (bicyclic) bond motifs is 5. The molecule has 4 aliphatic carbocycles. The molecule has 0 radical (unpaired) electrons. The van der Waals surface area contributed by atoms with E-state index in [1.54, 1.807) is 0 Å². The first-order valence-corrected chi connectivity index (χ1v) is 10.4. The van der Waals surface area contributed by atoms with Crippen LogP contribution in [0.15, 0.2) is 0 Å². The van der Waals surface area contributed by atoms with Crippen LogP contribution in [0.5, 0.6) is 0 Å². The number of methoxy groups -OCH3 is 1. The van der Waals surface area contributed by atoms with Crippen molar-refractivity contribution < 1.29 is 14.6 Å². The van der Waals surface area contributed by atoms with Crippen molar-refractivity contribution in [2.45, 2.75) is 83.8 Å². The second-order valence-corrected chi connectivity index (χ2v) is 9.90. The summed E-state index contributed by atoms with van der Waals surface area (Å²) < 4.78 is 4.87. The number of alkyl carbamates (subject to hydrolysis) is 1. The molecule has 4 nitrogen and oxygen atoms in total. The maximum Gasteiger partial charge on any atom is 0.407 e. The van der Waals surface area contributed by atoms with Gasteiger partial charge in [0.05, 0.1) is 13.2 Å². The minimum Gasteiger partial charge on any atom is -0.453 e. The fourth-order valence-electron chi connectivity index (χ4n) is 7.67. The Balaban J connectivity index is 1.55. The number of aliphatic hydroxyl groups is 1. The van der Waals surface area contributed by atoms with Crippen LogP contribution < -0.4 is 5.32 Å². The molecule has 1 amide bonds. The number of ether oxygens (including phenoxy) is 1. The Bertz CT molecular complexity index is 537. The van der Waals surface area contributed by atoms with Crippen molar-refractivity contribution in [1.82, 2.24) is 5.32 Å². The Kier molecular flexibility index (Phi) is 4.33. The average Bonchev–Trinajstić information content (AvgIpc) is 2.92. The van der Waals surface area contributed by atoms with E-state index in [0.717, 1.165) is 37.0 Å². The van der Waals surface area contributed by atoms with Gasteiger partial charge in [-0.2, -0.15) is 0 Å². The van der Waals surface area contributed by atoms with E-state index in [4.69, 9.17) is 4.74 Å². The summed E-state index contributed by atoms with van der Waals surface area (Å²) in [5.74, 6) is 3.07. The lowest BCUT2D eigenvalue weighted by Gasteiger charge is -2.60. The molecule has 4 rings (SSSR count). The zero-order valence-corrected chi connectivity index (χ0v) is 16.1. The quantitative estimate of drug-likeness (QED) is 0.749. The van der Waals surface area contributed by atoms with Gasteiger partial charge < -0.3 is 15.2 Å². The largest absolute Gasteiger partial charge is 0.453 e. The zero-order valence-electron chi connectivity index (χ0n) is 16.1. The van der Waals surface area contributed by atoms with Gasteiger partial charge in [-0.25, -0.2) is 4.79 Å². The Morgan fingerprint density at radius 1 is 1.00 bits per heavy atom. The highest BCUT2D eigenvalue weighted by molar-refractivity contribution is 5.67. The van der Waals surface area contributed by atoms with Crippen molar-refractivity contribution in [2.24, 2.45) is 34.5 Å². The Hall–Kier alpha value is -0.770. The van der Waals surface area contributed by atoms with Gasteiger partial charge in [-0.05, 0) is 92.3 Å². The lowest BCUT2D eigenvalue weighted by molar-refractivity contribution is -0.123. The summed E-state index contributed by atoms with van der Waals surface area (Å²) in [7, 11) is 1.46. The van der Waals surface area contributed by atoms with Crippen LogP contribution in [0.1, 0.15) is 71.6 Å².